The number of pyridine rings is 1. The van der Waals surface area contributed by atoms with Crippen molar-refractivity contribution in [1.29, 1.82) is 0 Å². The molecule has 1 heterocycles. The summed E-state index contributed by atoms with van der Waals surface area (Å²) in [6, 6.07) is 5.34. The van der Waals surface area contributed by atoms with Gasteiger partial charge in [-0.2, -0.15) is 8.42 Å². The zero-order chi connectivity index (χ0) is 16.2. The molecule has 8 heteroatoms. The summed E-state index contributed by atoms with van der Waals surface area (Å²) in [5.74, 6) is -0.984. The van der Waals surface area contributed by atoms with Gasteiger partial charge in [-0.25, -0.2) is 0 Å². The minimum absolute atomic E-state index is 0.201. The highest BCUT2D eigenvalue weighted by Crippen LogP contribution is 1.88. The lowest BCUT2D eigenvalue weighted by Gasteiger charge is -2.13. The van der Waals surface area contributed by atoms with Gasteiger partial charge in [0.25, 0.3) is 10.1 Å². The van der Waals surface area contributed by atoms with E-state index in [2.05, 4.69) is 4.98 Å². The van der Waals surface area contributed by atoms with Crippen LogP contribution < -0.4 is 0 Å². The lowest BCUT2D eigenvalue weighted by Crippen LogP contribution is -2.32. The Kier molecular flexibility index (Phi) is 11.8. The van der Waals surface area contributed by atoms with E-state index in [1.165, 1.54) is 6.92 Å². The van der Waals surface area contributed by atoms with Crippen LogP contribution in [0.2, 0.25) is 0 Å². The highest BCUT2D eigenvalue weighted by atomic mass is 32.2. The molecule has 1 atom stereocenters. The number of nitrogens with zero attached hydrogens (tertiary/aromatic N) is 2. The average Bonchev–Trinajstić information content (AvgIpc) is 2.40. The molecule has 0 saturated carbocycles. The Morgan fingerprint density at radius 3 is 1.70 bits per heavy atom. The summed E-state index contributed by atoms with van der Waals surface area (Å²) in [6.45, 7) is 3.01. The largest absolute Gasteiger partial charge is 0.480 e. The zero-order valence-corrected chi connectivity index (χ0v) is 12.9. The summed E-state index contributed by atoms with van der Waals surface area (Å²) in [6.07, 6.45) is 3.50. The Hall–Kier alpha value is -1.51. The van der Waals surface area contributed by atoms with Crippen LogP contribution >= 0.6 is 0 Å². The molecule has 20 heavy (non-hydrogen) atoms. The number of carbonyl (C=O) groups is 1. The van der Waals surface area contributed by atoms with Crippen molar-refractivity contribution in [3.63, 3.8) is 0 Å². The van der Waals surface area contributed by atoms with E-state index in [4.69, 9.17) is 9.66 Å². The Morgan fingerprint density at radius 2 is 1.65 bits per heavy atom. The molecule has 116 valence electrons. The number of hydrogen-bond acceptors (Lipinski definition) is 5. The van der Waals surface area contributed by atoms with Gasteiger partial charge in [-0.3, -0.25) is 19.2 Å². The van der Waals surface area contributed by atoms with Gasteiger partial charge in [-0.05, 0) is 40.1 Å². The summed E-state index contributed by atoms with van der Waals surface area (Å²) in [5.41, 5.74) is 0. The van der Waals surface area contributed by atoms with Crippen LogP contribution in [0.15, 0.2) is 30.6 Å². The predicted octanol–water partition coefficient (Wildman–Crippen LogP) is 0.997. The lowest BCUT2D eigenvalue weighted by atomic mass is 10.3. The van der Waals surface area contributed by atoms with E-state index in [9.17, 15) is 13.2 Å². The number of likely N-dealkylation sites (N-methyl/N-ethyl adjacent to an activating group) is 1. The Labute approximate surface area is 120 Å². The van der Waals surface area contributed by atoms with Crippen LogP contribution in [0, 0.1) is 0 Å². The third-order valence-electron chi connectivity index (χ3n) is 2.06. The number of rotatable bonds is 3. The molecule has 0 aliphatic rings. The molecule has 0 aliphatic heterocycles. The molecule has 0 spiro atoms. The van der Waals surface area contributed by atoms with Gasteiger partial charge in [-0.1, -0.05) is 6.07 Å². The van der Waals surface area contributed by atoms with Crippen LogP contribution in [0.4, 0.5) is 0 Å². The molecular weight excluding hydrogens is 284 g/mol. The molecule has 0 aromatic carbocycles. The smallest absolute Gasteiger partial charge is 0.320 e. The SMILES string of the molecule is CC(C(=O)O)N(C)C.CCS(=O)(=O)O.c1ccncc1. The van der Waals surface area contributed by atoms with Crippen LogP contribution in [-0.2, 0) is 14.9 Å². The number of carboxylic acids is 1. The summed E-state index contributed by atoms with van der Waals surface area (Å²) in [4.78, 5) is 15.5. The first kappa shape index (κ1) is 20.8. The van der Waals surface area contributed by atoms with Gasteiger partial charge in [0.15, 0.2) is 0 Å². The first-order valence-corrected chi connectivity index (χ1v) is 7.42. The maximum absolute atomic E-state index is 10.1. The van der Waals surface area contributed by atoms with E-state index in [0.29, 0.717) is 0 Å². The van der Waals surface area contributed by atoms with Crippen molar-refractivity contribution in [1.82, 2.24) is 9.88 Å². The number of aliphatic carboxylic acids is 1. The van der Waals surface area contributed by atoms with Crippen molar-refractivity contribution >= 4 is 16.1 Å². The standard InChI is InChI=1S/C5H11NO2.C5H5N.C2H6O3S/c1-4(5(7)8)6(2)3;1-2-4-6-5-3-1;1-2-6(3,4)5/h4H,1-3H3,(H,7,8);1-5H;2H2,1H3,(H,3,4,5). The molecule has 0 amide bonds. The Balaban J connectivity index is 0. The van der Waals surface area contributed by atoms with Gasteiger partial charge in [0, 0.05) is 12.4 Å². The fourth-order valence-electron chi connectivity index (χ4n) is 0.533. The van der Waals surface area contributed by atoms with Gasteiger partial charge in [0.05, 0.1) is 5.75 Å². The van der Waals surface area contributed by atoms with Gasteiger partial charge in [-0.15, -0.1) is 0 Å². The number of carboxylic acid groups (broad SMARTS) is 1. The second-order valence-corrected chi connectivity index (χ2v) is 5.61. The van der Waals surface area contributed by atoms with Crippen molar-refractivity contribution < 1.29 is 22.9 Å². The minimum Gasteiger partial charge on any atom is -0.480 e. The molecule has 0 aliphatic carbocycles. The van der Waals surface area contributed by atoms with Gasteiger partial charge in [0.1, 0.15) is 6.04 Å². The molecule has 2 N–H and O–H groups in total. The zero-order valence-electron chi connectivity index (χ0n) is 12.1. The van der Waals surface area contributed by atoms with Crippen molar-refractivity contribution in [3.8, 4) is 0 Å². The van der Waals surface area contributed by atoms with Crippen LogP contribution in [0.25, 0.3) is 0 Å². The highest BCUT2D eigenvalue weighted by Gasteiger charge is 2.11. The number of hydrogen-bond donors (Lipinski definition) is 2. The maximum Gasteiger partial charge on any atom is 0.320 e. The van der Waals surface area contributed by atoms with Crippen LogP contribution in [-0.4, -0.2) is 59.8 Å². The molecule has 1 rings (SSSR count). The van der Waals surface area contributed by atoms with Gasteiger partial charge >= 0.3 is 5.97 Å². The molecular formula is C12H22N2O5S. The fraction of sp³-hybridized carbons (Fsp3) is 0.500. The molecule has 0 saturated heterocycles. The van der Waals surface area contributed by atoms with Crippen LogP contribution in [0.1, 0.15) is 13.8 Å². The molecule has 1 aromatic rings. The Morgan fingerprint density at radius 1 is 1.25 bits per heavy atom. The van der Waals surface area contributed by atoms with E-state index in [1.807, 2.05) is 18.2 Å². The molecule has 1 aromatic heterocycles. The second kappa shape index (κ2) is 11.3. The average molecular weight is 306 g/mol. The first-order chi connectivity index (χ1) is 9.11. The van der Waals surface area contributed by atoms with E-state index >= 15 is 0 Å². The van der Waals surface area contributed by atoms with E-state index in [0.717, 1.165) is 0 Å². The van der Waals surface area contributed by atoms with Gasteiger partial charge in [0.2, 0.25) is 0 Å². The molecule has 0 radical (unpaired) electrons. The third-order valence-corrected chi connectivity index (χ3v) is 2.79. The quantitative estimate of drug-likeness (QED) is 0.802. The summed E-state index contributed by atoms with van der Waals surface area (Å²) >= 11 is 0. The normalized spacial score (nSPS) is 11.5. The van der Waals surface area contributed by atoms with Crippen molar-refractivity contribution in [2.75, 3.05) is 19.8 Å². The summed E-state index contributed by atoms with van der Waals surface area (Å²) < 4.78 is 26.9. The van der Waals surface area contributed by atoms with E-state index in [-0.39, 0.29) is 11.8 Å². The van der Waals surface area contributed by atoms with Crippen molar-refractivity contribution in [3.05, 3.63) is 30.6 Å². The van der Waals surface area contributed by atoms with E-state index in [1.54, 1.807) is 38.3 Å². The predicted molar refractivity (Wildman–Crippen MR) is 77.1 cm³/mol. The minimum atomic E-state index is -3.66. The second-order valence-electron chi connectivity index (χ2n) is 3.87. The number of aromatic nitrogens is 1. The Bertz CT molecular complexity index is 421. The topological polar surface area (TPSA) is 108 Å². The van der Waals surface area contributed by atoms with E-state index < -0.39 is 16.1 Å². The lowest BCUT2D eigenvalue weighted by molar-refractivity contribution is -0.141. The molecule has 7 nitrogen and oxygen atoms in total. The molecule has 0 fully saturated rings. The van der Waals surface area contributed by atoms with Crippen molar-refractivity contribution in [2.24, 2.45) is 0 Å². The van der Waals surface area contributed by atoms with Crippen LogP contribution in [0.3, 0.4) is 0 Å². The van der Waals surface area contributed by atoms with Crippen LogP contribution in [0.5, 0.6) is 0 Å². The highest BCUT2D eigenvalue weighted by molar-refractivity contribution is 7.85. The fourth-order valence-corrected chi connectivity index (χ4v) is 0.533. The summed E-state index contributed by atoms with van der Waals surface area (Å²) in [5, 5.41) is 8.31. The van der Waals surface area contributed by atoms with Crippen molar-refractivity contribution in [2.45, 2.75) is 19.9 Å². The van der Waals surface area contributed by atoms with Gasteiger partial charge < -0.3 is 5.11 Å². The molecule has 0 bridgehead atoms. The first-order valence-electron chi connectivity index (χ1n) is 5.81. The summed E-state index contributed by atoms with van der Waals surface area (Å²) in [7, 11) is -0.192. The third kappa shape index (κ3) is 16.5. The monoisotopic (exact) mass is 306 g/mol. The molecule has 1 unspecified atom stereocenters. The maximum atomic E-state index is 10.1.